The monoisotopic (exact) mass is 167 g/mol. The van der Waals surface area contributed by atoms with E-state index < -0.39 is 0 Å². The zero-order valence-corrected chi connectivity index (χ0v) is 8.04. The van der Waals surface area contributed by atoms with Crippen molar-refractivity contribution in [3.63, 3.8) is 0 Å². The smallest absolute Gasteiger partial charge is 0.121 e. The molecule has 0 bridgehead atoms. The Morgan fingerprint density at radius 3 is 2.42 bits per heavy atom. The molecule has 0 radical (unpaired) electrons. The number of rotatable bonds is 1. The van der Waals surface area contributed by atoms with Crippen LogP contribution in [0.15, 0.2) is 6.07 Å². The summed E-state index contributed by atoms with van der Waals surface area (Å²) in [5.41, 5.74) is 6.77. The van der Waals surface area contributed by atoms with Gasteiger partial charge in [-0.1, -0.05) is 13.8 Å². The predicted molar refractivity (Wildman–Crippen MR) is 50.9 cm³/mol. The molecule has 0 spiro atoms. The minimum absolute atomic E-state index is 0.712. The lowest BCUT2D eigenvalue weighted by molar-refractivity contribution is 0.753. The van der Waals surface area contributed by atoms with E-state index in [1.807, 2.05) is 27.0 Å². The van der Waals surface area contributed by atoms with Gasteiger partial charge in [-0.05, 0) is 12.8 Å². The van der Waals surface area contributed by atoms with Crippen LogP contribution in [0.3, 0.4) is 0 Å². The number of nitrogens with two attached hydrogens (primary N) is 1. The molecule has 3 nitrogen and oxygen atoms in total. The van der Waals surface area contributed by atoms with E-state index in [0.29, 0.717) is 5.92 Å². The van der Waals surface area contributed by atoms with Crippen molar-refractivity contribution in [1.29, 1.82) is 0 Å². The summed E-state index contributed by atoms with van der Waals surface area (Å²) in [5, 5.41) is 4.26. The van der Waals surface area contributed by atoms with Crippen molar-refractivity contribution >= 4 is 5.82 Å². The number of anilines is 1. The summed E-state index contributed by atoms with van der Waals surface area (Å²) in [7, 11) is 1.88. The van der Waals surface area contributed by atoms with Gasteiger partial charge in [0.15, 0.2) is 0 Å². The lowest BCUT2D eigenvalue weighted by Gasteiger charge is -1.88. The molecule has 0 amide bonds. The topological polar surface area (TPSA) is 43.8 Å². The molecule has 1 aliphatic carbocycles. The third-order valence-electron chi connectivity index (χ3n) is 1.93. The highest BCUT2D eigenvalue weighted by Crippen LogP contribution is 2.39. The largest absolute Gasteiger partial charge is 0.384 e. The standard InChI is InChI=1S/C7H11N3.C2H6/c1-10-7(8)4-6(9-10)5-2-3-5;1-2/h4-5H,2-3,8H2,1H3;1-2H3. The Bertz CT molecular complexity index is 229. The molecular formula is C9H17N3. The van der Waals surface area contributed by atoms with Crippen LogP contribution in [0.25, 0.3) is 0 Å². The van der Waals surface area contributed by atoms with Crippen molar-refractivity contribution in [2.24, 2.45) is 7.05 Å². The van der Waals surface area contributed by atoms with Gasteiger partial charge in [0, 0.05) is 19.0 Å². The predicted octanol–water partition coefficient (Wildman–Crippen LogP) is 1.91. The molecule has 68 valence electrons. The second-order valence-corrected chi connectivity index (χ2v) is 2.89. The molecule has 1 fully saturated rings. The van der Waals surface area contributed by atoms with Gasteiger partial charge >= 0.3 is 0 Å². The molecule has 1 saturated carbocycles. The summed E-state index contributed by atoms with van der Waals surface area (Å²) in [4.78, 5) is 0. The van der Waals surface area contributed by atoms with Crippen molar-refractivity contribution < 1.29 is 0 Å². The Hall–Kier alpha value is -0.990. The van der Waals surface area contributed by atoms with E-state index in [-0.39, 0.29) is 0 Å². The van der Waals surface area contributed by atoms with Crippen LogP contribution in [-0.4, -0.2) is 9.78 Å². The molecule has 1 aromatic heterocycles. The quantitative estimate of drug-likeness (QED) is 0.694. The minimum Gasteiger partial charge on any atom is -0.384 e. The maximum absolute atomic E-state index is 5.61. The van der Waals surface area contributed by atoms with Gasteiger partial charge in [0.25, 0.3) is 0 Å². The van der Waals surface area contributed by atoms with E-state index in [0.717, 1.165) is 5.82 Å². The van der Waals surface area contributed by atoms with Crippen LogP contribution in [-0.2, 0) is 7.05 Å². The Morgan fingerprint density at radius 1 is 1.50 bits per heavy atom. The Balaban J connectivity index is 0.000000336. The fraction of sp³-hybridized carbons (Fsp3) is 0.667. The van der Waals surface area contributed by atoms with E-state index in [2.05, 4.69) is 5.10 Å². The molecule has 2 N–H and O–H groups in total. The highest BCUT2D eigenvalue weighted by molar-refractivity contribution is 5.33. The highest BCUT2D eigenvalue weighted by atomic mass is 15.3. The summed E-state index contributed by atoms with van der Waals surface area (Å²) < 4.78 is 1.73. The Morgan fingerprint density at radius 2 is 2.08 bits per heavy atom. The van der Waals surface area contributed by atoms with Gasteiger partial charge in [0.05, 0.1) is 5.69 Å². The average Bonchev–Trinajstić information content (AvgIpc) is 2.85. The number of aromatic nitrogens is 2. The fourth-order valence-electron chi connectivity index (χ4n) is 1.08. The molecular weight excluding hydrogens is 150 g/mol. The summed E-state index contributed by atoms with van der Waals surface area (Å²) in [5.74, 6) is 1.48. The molecule has 0 unspecified atom stereocenters. The Labute approximate surface area is 73.6 Å². The normalized spacial score (nSPS) is 15.2. The van der Waals surface area contributed by atoms with E-state index in [1.165, 1.54) is 18.5 Å². The third kappa shape index (κ3) is 1.78. The van der Waals surface area contributed by atoms with Crippen molar-refractivity contribution in [3.8, 4) is 0 Å². The van der Waals surface area contributed by atoms with Crippen LogP contribution in [0.2, 0.25) is 0 Å². The SMILES string of the molecule is CC.Cn1nc(C2CC2)cc1N. The average molecular weight is 167 g/mol. The molecule has 0 aromatic carbocycles. The second kappa shape index (κ2) is 3.61. The molecule has 0 saturated heterocycles. The van der Waals surface area contributed by atoms with Crippen LogP contribution in [0.4, 0.5) is 5.82 Å². The number of nitrogens with zero attached hydrogens (tertiary/aromatic N) is 2. The van der Waals surface area contributed by atoms with Crippen LogP contribution in [0.1, 0.15) is 38.3 Å². The first-order valence-electron chi connectivity index (χ1n) is 4.57. The number of hydrogen-bond donors (Lipinski definition) is 1. The maximum Gasteiger partial charge on any atom is 0.121 e. The number of hydrogen-bond acceptors (Lipinski definition) is 2. The first-order chi connectivity index (χ1) is 5.77. The van der Waals surface area contributed by atoms with Gasteiger partial charge in [0.1, 0.15) is 5.82 Å². The van der Waals surface area contributed by atoms with E-state index >= 15 is 0 Å². The molecule has 0 atom stereocenters. The van der Waals surface area contributed by atoms with Crippen LogP contribution in [0, 0.1) is 0 Å². The number of aryl methyl sites for hydroxylation is 1. The van der Waals surface area contributed by atoms with Gasteiger partial charge in [-0.2, -0.15) is 5.10 Å². The molecule has 1 heterocycles. The molecule has 12 heavy (non-hydrogen) atoms. The van der Waals surface area contributed by atoms with Gasteiger partial charge in [-0.25, -0.2) is 0 Å². The van der Waals surface area contributed by atoms with Gasteiger partial charge in [-0.15, -0.1) is 0 Å². The van der Waals surface area contributed by atoms with Crippen molar-refractivity contribution in [1.82, 2.24) is 9.78 Å². The van der Waals surface area contributed by atoms with Crippen molar-refractivity contribution in [2.45, 2.75) is 32.6 Å². The zero-order chi connectivity index (χ0) is 9.14. The van der Waals surface area contributed by atoms with Gasteiger partial charge in [-0.3, -0.25) is 4.68 Å². The van der Waals surface area contributed by atoms with Crippen molar-refractivity contribution in [3.05, 3.63) is 11.8 Å². The van der Waals surface area contributed by atoms with Crippen LogP contribution < -0.4 is 5.73 Å². The summed E-state index contributed by atoms with van der Waals surface area (Å²) in [6.07, 6.45) is 2.58. The lowest BCUT2D eigenvalue weighted by Crippen LogP contribution is -1.96. The van der Waals surface area contributed by atoms with E-state index in [1.54, 1.807) is 4.68 Å². The summed E-state index contributed by atoms with van der Waals surface area (Å²) >= 11 is 0. The lowest BCUT2D eigenvalue weighted by atomic mass is 10.3. The van der Waals surface area contributed by atoms with Gasteiger partial charge < -0.3 is 5.73 Å². The summed E-state index contributed by atoms with van der Waals surface area (Å²) in [6, 6.07) is 1.97. The van der Waals surface area contributed by atoms with E-state index in [4.69, 9.17) is 5.73 Å². The first kappa shape index (κ1) is 9.10. The first-order valence-corrected chi connectivity index (χ1v) is 4.57. The Kier molecular flexibility index (Phi) is 2.74. The molecule has 2 rings (SSSR count). The summed E-state index contributed by atoms with van der Waals surface area (Å²) in [6.45, 7) is 4.00. The fourth-order valence-corrected chi connectivity index (χ4v) is 1.08. The van der Waals surface area contributed by atoms with Crippen LogP contribution >= 0.6 is 0 Å². The maximum atomic E-state index is 5.61. The minimum atomic E-state index is 0.712. The molecule has 1 aromatic rings. The highest BCUT2D eigenvalue weighted by Gasteiger charge is 2.26. The van der Waals surface area contributed by atoms with E-state index in [9.17, 15) is 0 Å². The van der Waals surface area contributed by atoms with Crippen LogP contribution in [0.5, 0.6) is 0 Å². The number of nitrogen functional groups attached to an aromatic ring is 1. The van der Waals surface area contributed by atoms with Gasteiger partial charge in [0.2, 0.25) is 0 Å². The molecule has 0 aliphatic heterocycles. The zero-order valence-electron chi connectivity index (χ0n) is 8.04. The third-order valence-corrected chi connectivity index (χ3v) is 1.93. The second-order valence-electron chi connectivity index (χ2n) is 2.89. The van der Waals surface area contributed by atoms with Crippen molar-refractivity contribution in [2.75, 3.05) is 5.73 Å². The molecule has 3 heteroatoms. The molecule has 1 aliphatic rings.